The van der Waals surface area contributed by atoms with E-state index >= 15 is 0 Å². The number of anilines is 2. The normalized spacial score (nSPS) is 13.6. The van der Waals surface area contributed by atoms with Crippen molar-refractivity contribution in [1.82, 2.24) is 25.1 Å². The summed E-state index contributed by atoms with van der Waals surface area (Å²) in [4.78, 5) is 28.5. The Hall–Kier alpha value is -3.60. The van der Waals surface area contributed by atoms with E-state index in [0.717, 1.165) is 37.6 Å². The molecule has 0 spiro atoms. The van der Waals surface area contributed by atoms with Crippen LogP contribution in [-0.2, 0) is 9.59 Å². The molecule has 1 saturated heterocycles. The van der Waals surface area contributed by atoms with Gasteiger partial charge in [0.1, 0.15) is 11.4 Å². The van der Waals surface area contributed by atoms with Crippen molar-refractivity contribution in [1.29, 1.82) is 0 Å². The summed E-state index contributed by atoms with van der Waals surface area (Å²) in [6, 6.07) is 15.2. The molecule has 1 N–H and O–H groups in total. The van der Waals surface area contributed by atoms with E-state index in [0.29, 0.717) is 23.0 Å². The van der Waals surface area contributed by atoms with Crippen LogP contribution in [0.1, 0.15) is 13.3 Å². The van der Waals surface area contributed by atoms with Crippen molar-refractivity contribution in [2.45, 2.75) is 18.5 Å². The van der Waals surface area contributed by atoms with Gasteiger partial charge < -0.3 is 19.9 Å². The SMILES string of the molecule is CCC(=O)N1CCN(c2ccc(NC(=O)CSc3nnnn3-c3ccccc3OC)cc2)CC1. The van der Waals surface area contributed by atoms with Crippen LogP contribution >= 0.6 is 11.8 Å². The van der Waals surface area contributed by atoms with E-state index in [1.807, 2.05) is 60.4 Å². The topological polar surface area (TPSA) is 105 Å². The maximum Gasteiger partial charge on any atom is 0.234 e. The molecule has 0 radical (unpaired) electrons. The summed E-state index contributed by atoms with van der Waals surface area (Å²) >= 11 is 1.24. The highest BCUT2D eigenvalue weighted by atomic mass is 32.2. The number of aromatic nitrogens is 4. The molecular weight excluding hydrogens is 454 g/mol. The number of ether oxygens (including phenoxy) is 1. The summed E-state index contributed by atoms with van der Waals surface area (Å²) in [6.07, 6.45) is 0.544. The van der Waals surface area contributed by atoms with Gasteiger partial charge in [0.25, 0.3) is 0 Å². The number of hydrogen-bond donors (Lipinski definition) is 1. The van der Waals surface area contributed by atoms with Crippen LogP contribution in [0, 0.1) is 0 Å². The number of carbonyl (C=O) groups is 2. The van der Waals surface area contributed by atoms with Gasteiger partial charge in [0, 0.05) is 44.0 Å². The molecule has 1 aliphatic rings. The number of rotatable bonds is 8. The van der Waals surface area contributed by atoms with Gasteiger partial charge in [0.05, 0.1) is 12.9 Å². The first-order chi connectivity index (χ1) is 16.6. The number of amides is 2. The van der Waals surface area contributed by atoms with Crippen LogP contribution in [0.3, 0.4) is 0 Å². The van der Waals surface area contributed by atoms with Crippen LogP contribution in [0.5, 0.6) is 5.75 Å². The van der Waals surface area contributed by atoms with Gasteiger partial charge in [-0.3, -0.25) is 9.59 Å². The predicted molar refractivity (Wildman–Crippen MR) is 131 cm³/mol. The summed E-state index contributed by atoms with van der Waals surface area (Å²) in [5, 5.41) is 15.2. The van der Waals surface area contributed by atoms with Gasteiger partial charge in [0.2, 0.25) is 17.0 Å². The zero-order chi connectivity index (χ0) is 23.9. The van der Waals surface area contributed by atoms with E-state index in [-0.39, 0.29) is 17.6 Å². The standard InChI is InChI=1S/C23H27N7O3S/c1-3-22(32)29-14-12-28(13-15-29)18-10-8-17(9-11-18)24-21(31)16-34-23-25-26-27-30(23)19-6-4-5-7-20(19)33-2/h4-11H,3,12-16H2,1-2H3,(H,24,31). The average Bonchev–Trinajstić information content (AvgIpc) is 3.36. The van der Waals surface area contributed by atoms with E-state index in [1.165, 1.54) is 11.8 Å². The molecule has 0 atom stereocenters. The fourth-order valence-electron chi connectivity index (χ4n) is 3.75. The summed E-state index contributed by atoms with van der Waals surface area (Å²) in [6.45, 7) is 4.96. The van der Waals surface area contributed by atoms with Crippen molar-refractivity contribution in [3.8, 4) is 11.4 Å². The molecule has 2 heterocycles. The van der Waals surface area contributed by atoms with Crippen molar-refractivity contribution >= 4 is 35.0 Å². The largest absolute Gasteiger partial charge is 0.494 e. The second-order valence-corrected chi connectivity index (χ2v) is 8.59. The highest BCUT2D eigenvalue weighted by Gasteiger charge is 2.20. The quantitative estimate of drug-likeness (QED) is 0.489. The zero-order valence-electron chi connectivity index (χ0n) is 19.2. The van der Waals surface area contributed by atoms with Gasteiger partial charge in [-0.1, -0.05) is 30.8 Å². The third-order valence-corrected chi connectivity index (χ3v) is 6.46. The molecule has 0 saturated carbocycles. The molecule has 0 aliphatic carbocycles. The minimum Gasteiger partial charge on any atom is -0.494 e. The van der Waals surface area contributed by atoms with Crippen molar-refractivity contribution in [3.05, 3.63) is 48.5 Å². The van der Waals surface area contributed by atoms with Crippen LogP contribution in [0.2, 0.25) is 0 Å². The zero-order valence-corrected chi connectivity index (χ0v) is 20.0. The van der Waals surface area contributed by atoms with Gasteiger partial charge in [-0.15, -0.1) is 5.10 Å². The van der Waals surface area contributed by atoms with Gasteiger partial charge in [-0.2, -0.15) is 4.68 Å². The van der Waals surface area contributed by atoms with Crippen LogP contribution in [-0.4, -0.2) is 76.0 Å². The predicted octanol–water partition coefficient (Wildman–Crippen LogP) is 2.46. The lowest BCUT2D eigenvalue weighted by atomic mass is 10.2. The Labute approximate surface area is 202 Å². The van der Waals surface area contributed by atoms with Gasteiger partial charge in [-0.25, -0.2) is 0 Å². The van der Waals surface area contributed by atoms with Crippen LogP contribution in [0.25, 0.3) is 5.69 Å². The van der Waals surface area contributed by atoms with Crippen molar-refractivity contribution in [3.63, 3.8) is 0 Å². The number of hydrogen-bond acceptors (Lipinski definition) is 8. The first-order valence-electron chi connectivity index (χ1n) is 11.1. The van der Waals surface area contributed by atoms with E-state index in [9.17, 15) is 9.59 Å². The Bertz CT molecular complexity index is 1130. The number of piperazine rings is 1. The number of carbonyl (C=O) groups excluding carboxylic acids is 2. The van der Waals surface area contributed by atoms with Gasteiger partial charge >= 0.3 is 0 Å². The molecule has 0 bridgehead atoms. The molecule has 34 heavy (non-hydrogen) atoms. The van der Waals surface area contributed by atoms with Gasteiger partial charge in [-0.05, 0) is 46.8 Å². The van der Waals surface area contributed by atoms with Crippen molar-refractivity contribution in [2.24, 2.45) is 0 Å². The molecule has 11 heteroatoms. The van der Waals surface area contributed by atoms with E-state index in [1.54, 1.807) is 11.8 Å². The van der Waals surface area contributed by atoms with Crippen molar-refractivity contribution < 1.29 is 14.3 Å². The number of thioether (sulfide) groups is 1. The second kappa shape index (κ2) is 11.0. The number of tetrazole rings is 1. The Balaban J connectivity index is 1.30. The van der Waals surface area contributed by atoms with Crippen LogP contribution < -0.4 is 15.0 Å². The third kappa shape index (κ3) is 5.48. The molecular formula is C23H27N7O3S. The first kappa shape index (κ1) is 23.6. The fraction of sp³-hybridized carbons (Fsp3) is 0.348. The smallest absolute Gasteiger partial charge is 0.234 e. The number of benzene rings is 2. The molecule has 1 fully saturated rings. The monoisotopic (exact) mass is 481 g/mol. The summed E-state index contributed by atoms with van der Waals surface area (Å²) in [5.41, 5.74) is 2.50. The van der Waals surface area contributed by atoms with E-state index in [4.69, 9.17) is 4.74 Å². The highest BCUT2D eigenvalue weighted by molar-refractivity contribution is 7.99. The van der Waals surface area contributed by atoms with Crippen molar-refractivity contribution in [2.75, 3.05) is 49.3 Å². The number of para-hydroxylation sites is 2. The molecule has 3 aromatic rings. The number of methoxy groups -OCH3 is 1. The lowest BCUT2D eigenvalue weighted by molar-refractivity contribution is -0.131. The molecule has 2 aromatic carbocycles. The Morgan fingerprint density at radius 1 is 1.06 bits per heavy atom. The van der Waals surface area contributed by atoms with E-state index < -0.39 is 0 Å². The second-order valence-electron chi connectivity index (χ2n) is 7.65. The first-order valence-corrected chi connectivity index (χ1v) is 12.0. The summed E-state index contributed by atoms with van der Waals surface area (Å²) in [7, 11) is 1.59. The minimum absolute atomic E-state index is 0.154. The molecule has 178 valence electrons. The summed E-state index contributed by atoms with van der Waals surface area (Å²) in [5.74, 6) is 0.844. The maximum atomic E-state index is 12.5. The van der Waals surface area contributed by atoms with Crippen LogP contribution in [0.4, 0.5) is 11.4 Å². The maximum absolute atomic E-state index is 12.5. The van der Waals surface area contributed by atoms with Crippen LogP contribution in [0.15, 0.2) is 53.7 Å². The Morgan fingerprint density at radius 3 is 2.50 bits per heavy atom. The lowest BCUT2D eigenvalue weighted by Gasteiger charge is -2.36. The lowest BCUT2D eigenvalue weighted by Crippen LogP contribution is -2.48. The minimum atomic E-state index is -0.154. The molecule has 2 amide bonds. The molecule has 1 aliphatic heterocycles. The Morgan fingerprint density at radius 2 is 1.79 bits per heavy atom. The Kier molecular flexibility index (Phi) is 7.63. The molecule has 4 rings (SSSR count). The number of nitrogens with one attached hydrogen (secondary N) is 1. The van der Waals surface area contributed by atoms with Gasteiger partial charge in [0.15, 0.2) is 0 Å². The number of nitrogens with zero attached hydrogens (tertiary/aromatic N) is 6. The molecule has 1 aromatic heterocycles. The average molecular weight is 482 g/mol. The van der Waals surface area contributed by atoms with E-state index in [2.05, 4.69) is 25.7 Å². The molecule has 10 nitrogen and oxygen atoms in total. The molecule has 0 unspecified atom stereocenters. The highest BCUT2D eigenvalue weighted by Crippen LogP contribution is 2.26. The third-order valence-electron chi connectivity index (χ3n) is 5.54. The fourth-order valence-corrected chi connectivity index (χ4v) is 4.43. The summed E-state index contributed by atoms with van der Waals surface area (Å²) < 4.78 is 6.93.